The molecule has 0 aliphatic carbocycles. The molecule has 2 aliphatic rings. The van der Waals surface area contributed by atoms with Crippen LogP contribution in [0.1, 0.15) is 66.8 Å². The highest BCUT2D eigenvalue weighted by Gasteiger charge is 2.48. The van der Waals surface area contributed by atoms with Crippen molar-refractivity contribution in [3.8, 4) is 0 Å². The molecule has 4 rings (SSSR count). The number of carbonyl (C=O) groups is 2. The number of amides is 2. The van der Waals surface area contributed by atoms with Crippen molar-refractivity contribution in [2.75, 3.05) is 47.3 Å². The number of benzene rings is 1. The Labute approximate surface area is 242 Å². The summed E-state index contributed by atoms with van der Waals surface area (Å²) in [5, 5.41) is 4.49. The molecule has 1 aromatic carbocycles. The number of halogens is 2. The summed E-state index contributed by atoms with van der Waals surface area (Å²) in [5.41, 5.74) is 1.19. The molecule has 1 aromatic heterocycles. The zero-order chi connectivity index (χ0) is 28.0. The normalized spacial score (nSPS) is 20.3. The van der Waals surface area contributed by atoms with Gasteiger partial charge >= 0.3 is 0 Å². The molecule has 2 atom stereocenters. The van der Waals surface area contributed by atoms with E-state index in [9.17, 15) is 9.59 Å². The smallest absolute Gasteiger partial charge is 0.255 e. The van der Waals surface area contributed by atoms with Gasteiger partial charge in [0.05, 0.1) is 15.6 Å². The monoisotopic (exact) mass is 573 g/mol. The minimum atomic E-state index is -0.452. The Hall–Kier alpha value is -2.19. The van der Waals surface area contributed by atoms with Crippen LogP contribution in [0.25, 0.3) is 0 Å². The molecule has 0 spiro atoms. The maximum Gasteiger partial charge on any atom is 0.255 e. The minimum absolute atomic E-state index is 0.0577. The molecule has 0 bridgehead atoms. The lowest BCUT2D eigenvalue weighted by Crippen LogP contribution is -2.66. The number of rotatable bonds is 9. The molecule has 2 aliphatic heterocycles. The molecule has 2 saturated heterocycles. The summed E-state index contributed by atoms with van der Waals surface area (Å²) in [5.74, 6) is 0.235. The van der Waals surface area contributed by atoms with E-state index in [0.29, 0.717) is 28.2 Å². The first-order chi connectivity index (χ1) is 18.7. The van der Waals surface area contributed by atoms with E-state index in [1.54, 1.807) is 34.3 Å². The van der Waals surface area contributed by atoms with E-state index in [4.69, 9.17) is 23.2 Å². The van der Waals surface area contributed by atoms with E-state index < -0.39 is 5.54 Å². The fraction of sp³-hybridized carbons (Fsp3) is 0.567. The fourth-order valence-corrected chi connectivity index (χ4v) is 6.70. The van der Waals surface area contributed by atoms with E-state index in [-0.39, 0.29) is 17.7 Å². The molecule has 2 unspecified atom stereocenters. The number of hydrogen-bond acceptors (Lipinski definition) is 5. The molecule has 0 saturated carbocycles. The summed E-state index contributed by atoms with van der Waals surface area (Å²) in [7, 11) is 5.59. The van der Waals surface area contributed by atoms with Crippen molar-refractivity contribution in [1.29, 1.82) is 0 Å². The number of carbonyl (C=O) groups excluding carboxylic acids is 2. The van der Waals surface area contributed by atoms with Gasteiger partial charge in [0.1, 0.15) is 5.54 Å². The quantitative estimate of drug-likeness (QED) is 0.452. The molecule has 2 fully saturated rings. The number of likely N-dealkylation sites (N-methyl/N-ethyl adjacent to an activating group) is 2. The predicted molar refractivity (Wildman–Crippen MR) is 158 cm³/mol. The first kappa shape index (κ1) is 29.8. The Morgan fingerprint density at radius 1 is 1.13 bits per heavy atom. The second kappa shape index (κ2) is 13.4. The molecule has 212 valence electrons. The van der Waals surface area contributed by atoms with E-state index in [1.165, 1.54) is 6.42 Å². The van der Waals surface area contributed by atoms with Gasteiger partial charge in [-0.25, -0.2) is 0 Å². The Balaban J connectivity index is 1.56. The summed E-state index contributed by atoms with van der Waals surface area (Å²) < 4.78 is 0. The SMILES string of the molecule is CN(C)C(=O)C1(N2CCCCC2CCC(CN(C)C(=O)c2cccnc2)c2ccc(Cl)c(Cl)c2)CCNCC1. The summed E-state index contributed by atoms with van der Waals surface area (Å²) in [6.07, 6.45) is 10.1. The summed E-state index contributed by atoms with van der Waals surface area (Å²) >= 11 is 12.7. The van der Waals surface area contributed by atoms with Crippen molar-refractivity contribution in [2.45, 2.75) is 62.4 Å². The largest absolute Gasteiger partial charge is 0.347 e. The maximum atomic E-state index is 13.6. The van der Waals surface area contributed by atoms with Gasteiger partial charge in [-0.1, -0.05) is 35.7 Å². The van der Waals surface area contributed by atoms with Gasteiger partial charge in [-0.15, -0.1) is 0 Å². The van der Waals surface area contributed by atoms with Crippen molar-refractivity contribution < 1.29 is 9.59 Å². The van der Waals surface area contributed by atoms with Crippen LogP contribution in [-0.4, -0.2) is 90.4 Å². The van der Waals surface area contributed by atoms with Crippen molar-refractivity contribution in [2.24, 2.45) is 0 Å². The van der Waals surface area contributed by atoms with Crippen LogP contribution in [0.3, 0.4) is 0 Å². The molecule has 3 heterocycles. The van der Waals surface area contributed by atoms with Crippen molar-refractivity contribution >= 4 is 35.0 Å². The molecule has 1 N–H and O–H groups in total. The van der Waals surface area contributed by atoms with Gasteiger partial charge in [0.2, 0.25) is 5.91 Å². The maximum absolute atomic E-state index is 13.6. The molecular formula is C30H41Cl2N5O2. The first-order valence-corrected chi connectivity index (χ1v) is 14.8. The predicted octanol–water partition coefficient (Wildman–Crippen LogP) is 5.09. The second-order valence-corrected chi connectivity index (χ2v) is 12.0. The van der Waals surface area contributed by atoms with Crippen molar-refractivity contribution in [3.63, 3.8) is 0 Å². The number of nitrogens with zero attached hydrogens (tertiary/aromatic N) is 4. The molecule has 2 amide bonds. The van der Waals surface area contributed by atoms with E-state index in [0.717, 1.165) is 63.7 Å². The zero-order valence-corrected chi connectivity index (χ0v) is 24.8. The molecule has 7 nitrogen and oxygen atoms in total. The van der Waals surface area contributed by atoms with Crippen LogP contribution in [0.4, 0.5) is 0 Å². The molecule has 2 aromatic rings. The Morgan fingerprint density at radius 2 is 1.90 bits per heavy atom. The lowest BCUT2D eigenvalue weighted by molar-refractivity contribution is -0.148. The van der Waals surface area contributed by atoms with Gasteiger partial charge in [-0.2, -0.15) is 0 Å². The van der Waals surface area contributed by atoms with Crippen LogP contribution in [-0.2, 0) is 4.79 Å². The van der Waals surface area contributed by atoms with Crippen LogP contribution >= 0.6 is 23.2 Å². The van der Waals surface area contributed by atoms with Gasteiger partial charge in [0.25, 0.3) is 5.91 Å². The topological polar surface area (TPSA) is 68.8 Å². The van der Waals surface area contributed by atoms with E-state index in [2.05, 4.69) is 15.2 Å². The van der Waals surface area contributed by atoms with Gasteiger partial charge in [0.15, 0.2) is 0 Å². The highest BCUT2D eigenvalue weighted by Crippen LogP contribution is 2.37. The standard InChI is InChI=1S/C30H41Cl2N5O2/c1-35(2)29(39)30(13-16-33-17-14-30)37-18-5-4-8-25(37)11-9-24(22-10-12-26(31)27(32)19-22)21-36(3)28(38)23-7-6-15-34-20-23/h6-7,10,12,15,19-20,24-25,33H,4-5,8-9,11,13-14,16-18,21H2,1-3H3. The van der Waals surface area contributed by atoms with Crippen LogP contribution in [0.2, 0.25) is 10.0 Å². The van der Waals surface area contributed by atoms with Gasteiger partial charge < -0.3 is 15.1 Å². The lowest BCUT2D eigenvalue weighted by Gasteiger charge is -2.51. The molecular weight excluding hydrogens is 533 g/mol. The van der Waals surface area contributed by atoms with Gasteiger partial charge in [-0.05, 0) is 88.0 Å². The van der Waals surface area contributed by atoms with E-state index in [1.807, 2.05) is 39.3 Å². The number of likely N-dealkylation sites (tertiary alicyclic amines) is 1. The Morgan fingerprint density at radius 3 is 2.56 bits per heavy atom. The second-order valence-electron chi connectivity index (χ2n) is 11.2. The highest BCUT2D eigenvalue weighted by atomic mass is 35.5. The number of aromatic nitrogens is 1. The first-order valence-electron chi connectivity index (χ1n) is 14.0. The van der Waals surface area contributed by atoms with Crippen LogP contribution in [0.5, 0.6) is 0 Å². The average Bonchev–Trinajstić information content (AvgIpc) is 2.96. The third-order valence-electron chi connectivity index (χ3n) is 8.42. The lowest BCUT2D eigenvalue weighted by atomic mass is 9.80. The zero-order valence-electron chi connectivity index (χ0n) is 23.3. The summed E-state index contributed by atoms with van der Waals surface area (Å²) in [6, 6.07) is 9.66. The number of pyridine rings is 1. The van der Waals surface area contributed by atoms with Crippen LogP contribution in [0, 0.1) is 0 Å². The van der Waals surface area contributed by atoms with Gasteiger partial charge in [0, 0.05) is 52.0 Å². The van der Waals surface area contributed by atoms with Crippen LogP contribution < -0.4 is 5.32 Å². The molecule has 9 heteroatoms. The fourth-order valence-electron chi connectivity index (χ4n) is 6.39. The van der Waals surface area contributed by atoms with Gasteiger partial charge in [-0.3, -0.25) is 19.5 Å². The van der Waals surface area contributed by atoms with Crippen molar-refractivity contribution in [3.05, 3.63) is 63.9 Å². The molecule has 0 radical (unpaired) electrons. The summed E-state index contributed by atoms with van der Waals surface area (Å²) in [6.45, 7) is 3.21. The Kier molecular flexibility index (Phi) is 10.3. The van der Waals surface area contributed by atoms with Crippen LogP contribution in [0.15, 0.2) is 42.7 Å². The number of piperidine rings is 2. The number of nitrogens with one attached hydrogen (secondary N) is 1. The summed E-state index contributed by atoms with van der Waals surface area (Å²) in [4.78, 5) is 37.0. The highest BCUT2D eigenvalue weighted by molar-refractivity contribution is 6.42. The minimum Gasteiger partial charge on any atom is -0.347 e. The van der Waals surface area contributed by atoms with E-state index >= 15 is 0 Å². The third-order valence-corrected chi connectivity index (χ3v) is 9.16. The molecule has 39 heavy (non-hydrogen) atoms. The average molecular weight is 575 g/mol. The Bertz CT molecular complexity index is 1120. The number of hydrogen-bond donors (Lipinski definition) is 1. The third kappa shape index (κ3) is 6.94. The van der Waals surface area contributed by atoms with Crippen molar-refractivity contribution in [1.82, 2.24) is 25.0 Å².